The van der Waals surface area contributed by atoms with Crippen LogP contribution < -0.4 is 5.73 Å². The van der Waals surface area contributed by atoms with E-state index in [4.69, 9.17) is 18.0 Å². The van der Waals surface area contributed by atoms with Gasteiger partial charge in [0.2, 0.25) is 0 Å². The number of thiocarbonyl (C=S) groups is 1. The van der Waals surface area contributed by atoms with Crippen molar-refractivity contribution in [2.24, 2.45) is 17.6 Å². The Kier molecular flexibility index (Phi) is 8.86. The molecule has 0 heterocycles. The van der Waals surface area contributed by atoms with Gasteiger partial charge in [-0.25, -0.2) is 0 Å². The fourth-order valence-electron chi connectivity index (χ4n) is 1.92. The molecule has 0 rings (SSSR count). The Morgan fingerprint density at radius 1 is 1.06 bits per heavy atom. The minimum atomic E-state index is 0.652. The largest absolute Gasteiger partial charge is 0.393 e. The highest BCUT2D eigenvalue weighted by molar-refractivity contribution is 7.80. The Morgan fingerprint density at radius 2 is 1.56 bits per heavy atom. The molecule has 0 saturated heterocycles. The summed E-state index contributed by atoms with van der Waals surface area (Å²) in [7, 11) is 0. The number of hydrogen-bond donors (Lipinski definition) is 1. The van der Waals surface area contributed by atoms with Gasteiger partial charge in [0.15, 0.2) is 0 Å². The second kappa shape index (κ2) is 8.94. The van der Waals surface area contributed by atoms with E-state index in [0.717, 1.165) is 24.7 Å². The van der Waals surface area contributed by atoms with Gasteiger partial charge in [-0.2, -0.15) is 0 Å². The van der Waals surface area contributed by atoms with Crippen LogP contribution in [-0.2, 0) is 0 Å². The van der Waals surface area contributed by atoms with Crippen molar-refractivity contribution >= 4 is 17.2 Å². The van der Waals surface area contributed by atoms with E-state index in [9.17, 15) is 0 Å². The van der Waals surface area contributed by atoms with Crippen LogP contribution in [0.3, 0.4) is 0 Å². The molecule has 0 aliphatic rings. The van der Waals surface area contributed by atoms with Gasteiger partial charge in [-0.15, -0.1) is 0 Å². The van der Waals surface area contributed by atoms with Gasteiger partial charge in [0.05, 0.1) is 4.99 Å². The summed E-state index contributed by atoms with van der Waals surface area (Å²) in [6.45, 7) is 12.7. The van der Waals surface area contributed by atoms with Crippen LogP contribution in [-0.4, -0.2) is 29.5 Å². The normalized spacial score (nSPS) is 11.7. The lowest BCUT2D eigenvalue weighted by atomic mass is 10.1. The Morgan fingerprint density at radius 3 is 1.94 bits per heavy atom. The summed E-state index contributed by atoms with van der Waals surface area (Å²) in [5.74, 6) is 1.49. The van der Waals surface area contributed by atoms with Crippen molar-refractivity contribution in [3.05, 3.63) is 0 Å². The van der Waals surface area contributed by atoms with E-state index >= 15 is 0 Å². The maximum absolute atomic E-state index is 5.49. The predicted molar refractivity (Wildman–Crippen MR) is 76.8 cm³/mol. The second-order valence-electron chi connectivity index (χ2n) is 5.47. The summed E-state index contributed by atoms with van der Waals surface area (Å²) in [6, 6.07) is 0. The van der Waals surface area contributed by atoms with Crippen LogP contribution in [0.1, 0.15) is 47.0 Å². The molecule has 0 bridgehead atoms. The minimum absolute atomic E-state index is 0.652. The van der Waals surface area contributed by atoms with E-state index in [2.05, 4.69) is 32.6 Å². The van der Waals surface area contributed by atoms with Crippen molar-refractivity contribution in [1.29, 1.82) is 0 Å². The fraction of sp³-hybridized carbons (Fsp3) is 0.923. The van der Waals surface area contributed by atoms with Crippen molar-refractivity contribution in [3.8, 4) is 0 Å². The number of nitrogens with zero attached hydrogens (tertiary/aromatic N) is 1. The van der Waals surface area contributed by atoms with E-state index in [-0.39, 0.29) is 0 Å². The first-order chi connectivity index (χ1) is 7.41. The fourth-order valence-corrected chi connectivity index (χ4v) is 2.07. The van der Waals surface area contributed by atoms with E-state index < -0.39 is 0 Å². The molecule has 0 aromatic carbocycles. The zero-order valence-corrected chi connectivity index (χ0v) is 12.1. The highest BCUT2D eigenvalue weighted by atomic mass is 32.1. The standard InChI is InChI=1S/C13H28N2S/c1-11(2)9-15(10-12(3)4)8-6-5-7-13(14)16/h11-12H,5-10H2,1-4H3,(H2,14,16). The Bertz CT molecular complexity index is 180. The molecule has 0 unspecified atom stereocenters. The molecule has 0 aromatic heterocycles. The van der Waals surface area contributed by atoms with E-state index in [1.165, 1.54) is 26.1 Å². The number of hydrogen-bond acceptors (Lipinski definition) is 2. The Balaban J connectivity index is 3.77. The van der Waals surface area contributed by atoms with Gasteiger partial charge in [0.25, 0.3) is 0 Å². The lowest BCUT2D eigenvalue weighted by molar-refractivity contribution is 0.216. The van der Waals surface area contributed by atoms with Crippen LogP contribution in [0.4, 0.5) is 0 Å². The highest BCUT2D eigenvalue weighted by Crippen LogP contribution is 2.06. The first-order valence-corrected chi connectivity index (χ1v) is 6.83. The molecule has 0 aromatic rings. The number of nitrogens with two attached hydrogens (primary N) is 1. The SMILES string of the molecule is CC(C)CN(CCCCC(N)=S)CC(C)C. The molecular formula is C13H28N2S. The van der Waals surface area contributed by atoms with Gasteiger partial charge < -0.3 is 10.6 Å². The summed E-state index contributed by atoms with van der Waals surface area (Å²) in [4.78, 5) is 3.22. The van der Waals surface area contributed by atoms with Crippen LogP contribution in [0, 0.1) is 11.8 Å². The topological polar surface area (TPSA) is 29.3 Å². The molecule has 0 saturated carbocycles. The molecule has 2 nitrogen and oxygen atoms in total. The molecule has 0 aliphatic heterocycles. The van der Waals surface area contributed by atoms with Crippen molar-refractivity contribution in [2.75, 3.05) is 19.6 Å². The summed E-state index contributed by atoms with van der Waals surface area (Å²) in [5, 5.41) is 0. The van der Waals surface area contributed by atoms with Crippen LogP contribution in [0.5, 0.6) is 0 Å². The molecule has 16 heavy (non-hydrogen) atoms. The molecular weight excluding hydrogens is 216 g/mol. The van der Waals surface area contributed by atoms with Gasteiger partial charge in [-0.05, 0) is 37.6 Å². The van der Waals surface area contributed by atoms with Gasteiger partial charge >= 0.3 is 0 Å². The highest BCUT2D eigenvalue weighted by Gasteiger charge is 2.08. The molecule has 96 valence electrons. The third-order valence-corrected chi connectivity index (χ3v) is 2.60. The van der Waals surface area contributed by atoms with Crippen LogP contribution >= 0.6 is 12.2 Å². The van der Waals surface area contributed by atoms with Crippen molar-refractivity contribution < 1.29 is 0 Å². The van der Waals surface area contributed by atoms with Gasteiger partial charge in [-0.3, -0.25) is 0 Å². The third-order valence-electron chi connectivity index (χ3n) is 2.39. The molecule has 0 fully saturated rings. The Labute approximate surface area is 107 Å². The average molecular weight is 244 g/mol. The first-order valence-electron chi connectivity index (χ1n) is 6.42. The quantitative estimate of drug-likeness (QED) is 0.499. The van der Waals surface area contributed by atoms with Crippen LogP contribution in [0.25, 0.3) is 0 Å². The predicted octanol–water partition coefficient (Wildman–Crippen LogP) is 3.06. The van der Waals surface area contributed by atoms with Crippen molar-refractivity contribution in [2.45, 2.75) is 47.0 Å². The summed E-state index contributed by atoms with van der Waals surface area (Å²) < 4.78 is 0. The third kappa shape index (κ3) is 10.4. The maximum atomic E-state index is 5.49. The molecule has 0 spiro atoms. The zero-order valence-electron chi connectivity index (χ0n) is 11.3. The van der Waals surface area contributed by atoms with Crippen molar-refractivity contribution in [3.63, 3.8) is 0 Å². The average Bonchev–Trinajstić information content (AvgIpc) is 2.09. The van der Waals surface area contributed by atoms with E-state index in [1.807, 2.05) is 0 Å². The second-order valence-corrected chi connectivity index (χ2v) is 6.00. The number of rotatable bonds is 9. The van der Waals surface area contributed by atoms with Crippen molar-refractivity contribution in [1.82, 2.24) is 4.90 Å². The monoisotopic (exact) mass is 244 g/mol. The summed E-state index contributed by atoms with van der Waals surface area (Å²) in [5.41, 5.74) is 5.49. The summed E-state index contributed by atoms with van der Waals surface area (Å²) in [6.07, 6.45) is 3.23. The summed E-state index contributed by atoms with van der Waals surface area (Å²) >= 11 is 4.88. The van der Waals surface area contributed by atoms with E-state index in [1.54, 1.807) is 0 Å². The van der Waals surface area contributed by atoms with Gasteiger partial charge in [0.1, 0.15) is 0 Å². The molecule has 0 amide bonds. The van der Waals surface area contributed by atoms with E-state index in [0.29, 0.717) is 4.99 Å². The first kappa shape index (κ1) is 15.9. The Hall–Kier alpha value is -0.150. The molecule has 0 aliphatic carbocycles. The number of unbranched alkanes of at least 4 members (excludes halogenated alkanes) is 1. The smallest absolute Gasteiger partial charge is 0.0727 e. The molecule has 0 radical (unpaired) electrons. The van der Waals surface area contributed by atoms with Gasteiger partial charge in [0, 0.05) is 13.1 Å². The lowest BCUT2D eigenvalue weighted by Gasteiger charge is -2.26. The molecule has 0 atom stereocenters. The zero-order chi connectivity index (χ0) is 12.6. The lowest BCUT2D eigenvalue weighted by Crippen LogP contribution is -2.32. The maximum Gasteiger partial charge on any atom is 0.0727 e. The van der Waals surface area contributed by atoms with Crippen LogP contribution in [0.2, 0.25) is 0 Å². The molecule has 2 N–H and O–H groups in total. The minimum Gasteiger partial charge on any atom is -0.393 e. The van der Waals surface area contributed by atoms with Crippen LogP contribution in [0.15, 0.2) is 0 Å². The van der Waals surface area contributed by atoms with Gasteiger partial charge in [-0.1, -0.05) is 39.9 Å². The molecule has 3 heteroatoms.